The van der Waals surface area contributed by atoms with E-state index < -0.39 is 17.4 Å². The second-order valence-corrected chi connectivity index (χ2v) is 5.32. The van der Waals surface area contributed by atoms with Crippen molar-refractivity contribution in [3.05, 3.63) is 42.1 Å². The summed E-state index contributed by atoms with van der Waals surface area (Å²) >= 11 is 0. The summed E-state index contributed by atoms with van der Waals surface area (Å²) in [5.74, 6) is -1.28. The van der Waals surface area contributed by atoms with E-state index in [2.05, 4.69) is 4.98 Å². The van der Waals surface area contributed by atoms with Crippen molar-refractivity contribution in [3.63, 3.8) is 0 Å². The van der Waals surface area contributed by atoms with Crippen LogP contribution in [0.25, 0.3) is 10.9 Å². The summed E-state index contributed by atoms with van der Waals surface area (Å²) in [5, 5.41) is 0.932. The number of benzene rings is 1. The van der Waals surface area contributed by atoms with Crippen LogP contribution < -0.4 is 0 Å². The fourth-order valence-corrected chi connectivity index (χ4v) is 1.47. The van der Waals surface area contributed by atoms with Gasteiger partial charge in [-0.2, -0.15) is 0 Å². The Morgan fingerprint density at radius 3 is 2.42 bits per heavy atom. The van der Waals surface area contributed by atoms with Crippen molar-refractivity contribution in [1.29, 1.82) is 0 Å². The molecule has 1 aromatic carbocycles. The molecule has 0 atom stereocenters. The van der Waals surface area contributed by atoms with Gasteiger partial charge in [0.15, 0.2) is 0 Å². The second-order valence-electron chi connectivity index (χ2n) is 5.32. The van der Waals surface area contributed by atoms with E-state index in [9.17, 15) is 9.59 Å². The number of nitrogens with zero attached hydrogens (tertiary/aromatic N) is 1. The van der Waals surface area contributed by atoms with Gasteiger partial charge in [0.2, 0.25) is 0 Å². The minimum Gasteiger partial charge on any atom is -0.388 e. The van der Waals surface area contributed by atoms with E-state index in [-0.39, 0.29) is 5.69 Å². The van der Waals surface area contributed by atoms with Crippen LogP contribution in [0, 0.1) is 5.41 Å². The Labute approximate surface area is 111 Å². The summed E-state index contributed by atoms with van der Waals surface area (Å²) in [6.07, 6.45) is 0. The lowest BCUT2D eigenvalue weighted by molar-refractivity contribution is -0.146. The number of carbonyl (C=O) groups excluding carboxylic acids is 2. The Hall–Kier alpha value is -2.23. The number of carbonyl (C=O) groups is 2. The standard InChI is InChI=1S/C15H15NO3/c1-15(2,3)14(18)19-13(17)12-9-8-10-6-4-5-7-11(10)16-12/h4-9H,1-3H3. The van der Waals surface area contributed by atoms with Crippen LogP contribution in [0.1, 0.15) is 31.3 Å². The number of hydrogen-bond acceptors (Lipinski definition) is 4. The first-order chi connectivity index (χ1) is 8.88. The van der Waals surface area contributed by atoms with Gasteiger partial charge in [-0.15, -0.1) is 0 Å². The average molecular weight is 257 g/mol. The second kappa shape index (κ2) is 4.80. The smallest absolute Gasteiger partial charge is 0.364 e. The summed E-state index contributed by atoms with van der Waals surface area (Å²) < 4.78 is 4.81. The zero-order valence-electron chi connectivity index (χ0n) is 11.1. The molecule has 0 aliphatic carbocycles. The summed E-state index contributed by atoms with van der Waals surface area (Å²) in [6, 6.07) is 10.8. The van der Waals surface area contributed by atoms with E-state index in [1.54, 1.807) is 39.0 Å². The molecule has 2 rings (SSSR count). The van der Waals surface area contributed by atoms with Crippen LogP contribution in [0.15, 0.2) is 36.4 Å². The van der Waals surface area contributed by atoms with Crippen molar-refractivity contribution in [3.8, 4) is 0 Å². The number of rotatable bonds is 1. The van der Waals surface area contributed by atoms with Gasteiger partial charge in [0.25, 0.3) is 0 Å². The normalized spacial score (nSPS) is 11.3. The van der Waals surface area contributed by atoms with Crippen LogP contribution in [-0.2, 0) is 9.53 Å². The van der Waals surface area contributed by atoms with Crippen molar-refractivity contribution in [2.24, 2.45) is 5.41 Å². The summed E-state index contributed by atoms with van der Waals surface area (Å²) in [4.78, 5) is 27.7. The van der Waals surface area contributed by atoms with Crippen LogP contribution in [-0.4, -0.2) is 16.9 Å². The molecule has 0 bridgehead atoms. The molecule has 1 heterocycles. The predicted octanol–water partition coefficient (Wildman–Crippen LogP) is 2.96. The molecule has 19 heavy (non-hydrogen) atoms. The highest BCUT2D eigenvalue weighted by Gasteiger charge is 2.26. The monoisotopic (exact) mass is 257 g/mol. The molecule has 0 aliphatic rings. The Morgan fingerprint density at radius 2 is 1.74 bits per heavy atom. The number of esters is 2. The number of hydrogen-bond donors (Lipinski definition) is 0. The van der Waals surface area contributed by atoms with E-state index in [0.717, 1.165) is 5.39 Å². The van der Waals surface area contributed by atoms with Crippen molar-refractivity contribution in [2.45, 2.75) is 20.8 Å². The Kier molecular flexibility index (Phi) is 3.34. The molecule has 0 amide bonds. The van der Waals surface area contributed by atoms with Gasteiger partial charge >= 0.3 is 11.9 Å². The van der Waals surface area contributed by atoms with Crippen molar-refractivity contribution >= 4 is 22.8 Å². The molecule has 1 aromatic heterocycles. The Bertz CT molecular complexity index is 641. The molecule has 4 heteroatoms. The largest absolute Gasteiger partial charge is 0.388 e. The van der Waals surface area contributed by atoms with Crippen molar-refractivity contribution in [1.82, 2.24) is 4.98 Å². The summed E-state index contributed by atoms with van der Waals surface area (Å²) in [7, 11) is 0. The third kappa shape index (κ3) is 2.96. The van der Waals surface area contributed by atoms with E-state index in [1.165, 1.54) is 0 Å². The predicted molar refractivity (Wildman–Crippen MR) is 71.6 cm³/mol. The van der Waals surface area contributed by atoms with Gasteiger partial charge in [0, 0.05) is 5.39 Å². The fraction of sp³-hybridized carbons (Fsp3) is 0.267. The van der Waals surface area contributed by atoms with E-state index in [4.69, 9.17) is 4.74 Å². The first-order valence-electron chi connectivity index (χ1n) is 6.00. The molecule has 0 fully saturated rings. The first-order valence-corrected chi connectivity index (χ1v) is 6.00. The van der Waals surface area contributed by atoms with Crippen LogP contribution in [0.4, 0.5) is 0 Å². The quantitative estimate of drug-likeness (QED) is 0.582. The molecule has 98 valence electrons. The first kappa shape index (κ1) is 13.2. The molecule has 0 saturated heterocycles. The highest BCUT2D eigenvalue weighted by molar-refractivity contribution is 5.98. The van der Waals surface area contributed by atoms with Crippen LogP contribution in [0.5, 0.6) is 0 Å². The lowest BCUT2D eigenvalue weighted by Gasteiger charge is -2.14. The topological polar surface area (TPSA) is 56.3 Å². The summed E-state index contributed by atoms with van der Waals surface area (Å²) in [6.45, 7) is 5.07. The van der Waals surface area contributed by atoms with Crippen LogP contribution in [0.3, 0.4) is 0 Å². The molecule has 4 nitrogen and oxygen atoms in total. The lowest BCUT2D eigenvalue weighted by atomic mass is 9.97. The zero-order valence-corrected chi connectivity index (χ0v) is 11.1. The molecule has 0 aliphatic heterocycles. The van der Waals surface area contributed by atoms with Gasteiger partial charge in [0.05, 0.1) is 10.9 Å². The van der Waals surface area contributed by atoms with E-state index in [1.807, 2.05) is 18.2 Å². The zero-order chi connectivity index (χ0) is 14.0. The van der Waals surface area contributed by atoms with Gasteiger partial charge in [-0.3, -0.25) is 4.79 Å². The molecule has 0 N–H and O–H groups in total. The number of pyridine rings is 1. The number of fused-ring (bicyclic) bond motifs is 1. The number of para-hydroxylation sites is 1. The maximum atomic E-state index is 11.8. The average Bonchev–Trinajstić information content (AvgIpc) is 2.37. The molecule has 0 saturated carbocycles. The third-order valence-corrected chi connectivity index (χ3v) is 2.61. The van der Waals surface area contributed by atoms with Gasteiger partial charge in [0.1, 0.15) is 5.69 Å². The highest BCUT2D eigenvalue weighted by atomic mass is 16.6. The number of ether oxygens (including phenoxy) is 1. The van der Waals surface area contributed by atoms with Gasteiger partial charge in [-0.1, -0.05) is 24.3 Å². The molecule has 2 aromatic rings. The lowest BCUT2D eigenvalue weighted by Crippen LogP contribution is -2.26. The van der Waals surface area contributed by atoms with Gasteiger partial charge in [-0.25, -0.2) is 9.78 Å². The molecular weight excluding hydrogens is 242 g/mol. The summed E-state index contributed by atoms with van der Waals surface area (Å²) in [5.41, 5.74) is 0.114. The molecule has 0 radical (unpaired) electrons. The SMILES string of the molecule is CC(C)(C)C(=O)OC(=O)c1ccc2ccccc2n1. The molecule has 0 unspecified atom stereocenters. The van der Waals surface area contributed by atoms with Gasteiger partial charge < -0.3 is 4.74 Å². The Morgan fingerprint density at radius 1 is 1.05 bits per heavy atom. The highest BCUT2D eigenvalue weighted by Crippen LogP contribution is 2.17. The molecule has 0 spiro atoms. The maximum absolute atomic E-state index is 11.8. The third-order valence-electron chi connectivity index (χ3n) is 2.61. The minimum absolute atomic E-state index is 0.135. The van der Waals surface area contributed by atoms with Crippen LogP contribution in [0.2, 0.25) is 0 Å². The van der Waals surface area contributed by atoms with Gasteiger partial charge in [-0.05, 0) is 32.9 Å². The Balaban J connectivity index is 2.25. The van der Waals surface area contributed by atoms with E-state index >= 15 is 0 Å². The maximum Gasteiger partial charge on any atom is 0.364 e. The van der Waals surface area contributed by atoms with Crippen molar-refractivity contribution < 1.29 is 14.3 Å². The minimum atomic E-state index is -0.717. The fourth-order valence-electron chi connectivity index (χ4n) is 1.47. The number of aromatic nitrogens is 1. The van der Waals surface area contributed by atoms with Crippen LogP contribution >= 0.6 is 0 Å². The molecular formula is C15H15NO3. The van der Waals surface area contributed by atoms with Crippen molar-refractivity contribution in [2.75, 3.05) is 0 Å². The van der Waals surface area contributed by atoms with E-state index in [0.29, 0.717) is 5.52 Å².